The van der Waals surface area contributed by atoms with Crippen molar-refractivity contribution in [3.05, 3.63) is 29.8 Å². The van der Waals surface area contributed by atoms with Gasteiger partial charge in [-0.3, -0.25) is 0 Å². The van der Waals surface area contributed by atoms with Gasteiger partial charge in [0.25, 0.3) is 0 Å². The normalized spacial score (nSPS) is 10.5. The molecule has 2 N–H and O–H groups in total. The Morgan fingerprint density at radius 3 is 2.59 bits per heavy atom. The number of unbranched alkanes of at least 4 members (excludes halogenated alkanes) is 2. The molecule has 96 valence electrons. The second-order valence-electron chi connectivity index (χ2n) is 4.54. The Bertz CT molecular complexity index is 299. The zero-order valence-electron chi connectivity index (χ0n) is 11.2. The summed E-state index contributed by atoms with van der Waals surface area (Å²) in [6, 6.07) is 8.21. The van der Waals surface area contributed by atoms with Crippen molar-refractivity contribution >= 4 is 0 Å². The molecule has 1 aromatic carbocycles. The van der Waals surface area contributed by atoms with Crippen molar-refractivity contribution in [2.75, 3.05) is 19.7 Å². The fraction of sp³-hybridized carbons (Fsp3) is 0.600. The van der Waals surface area contributed by atoms with Gasteiger partial charge in [-0.2, -0.15) is 0 Å². The monoisotopic (exact) mass is 236 g/mol. The van der Waals surface area contributed by atoms with Gasteiger partial charge < -0.3 is 10.1 Å². The van der Waals surface area contributed by atoms with Crippen LogP contribution in [0.25, 0.3) is 0 Å². The van der Waals surface area contributed by atoms with E-state index in [4.69, 9.17) is 4.74 Å². The Kier molecular flexibility index (Phi) is 7.48. The van der Waals surface area contributed by atoms with E-state index in [-0.39, 0.29) is 0 Å². The lowest BCUT2D eigenvalue weighted by molar-refractivity contribution is -0.655. The molecule has 0 spiro atoms. The van der Waals surface area contributed by atoms with Crippen LogP contribution in [0.4, 0.5) is 0 Å². The lowest BCUT2D eigenvalue weighted by Crippen LogP contribution is -2.84. The average Bonchev–Trinajstić information content (AvgIpc) is 2.35. The molecule has 1 aromatic rings. The maximum Gasteiger partial charge on any atom is 0.122 e. The molecule has 0 atom stereocenters. The molecule has 2 heteroatoms. The molecule has 0 unspecified atom stereocenters. The highest BCUT2D eigenvalue weighted by molar-refractivity contribution is 5.31. The third kappa shape index (κ3) is 6.32. The molecule has 1 rings (SSSR count). The van der Waals surface area contributed by atoms with Gasteiger partial charge in [-0.25, -0.2) is 0 Å². The minimum absolute atomic E-state index is 0.840. The molecule has 17 heavy (non-hydrogen) atoms. The summed E-state index contributed by atoms with van der Waals surface area (Å²) in [5, 5.41) is 2.41. The zero-order chi connectivity index (χ0) is 12.3. The van der Waals surface area contributed by atoms with E-state index in [1.807, 2.05) is 18.2 Å². The van der Waals surface area contributed by atoms with Gasteiger partial charge in [-0.1, -0.05) is 31.5 Å². The number of quaternary nitrogens is 1. The summed E-state index contributed by atoms with van der Waals surface area (Å²) in [5.74, 6) is 1.03. The highest BCUT2D eigenvalue weighted by Crippen LogP contribution is 2.16. The van der Waals surface area contributed by atoms with Gasteiger partial charge in [0.05, 0.1) is 19.7 Å². The predicted molar refractivity (Wildman–Crippen MR) is 72.5 cm³/mol. The van der Waals surface area contributed by atoms with E-state index >= 15 is 0 Å². The molecular formula is C15H26NO+. The maximum absolute atomic E-state index is 5.75. The van der Waals surface area contributed by atoms with Crippen LogP contribution in [0.15, 0.2) is 24.3 Å². The third-order valence-electron chi connectivity index (χ3n) is 2.92. The van der Waals surface area contributed by atoms with Gasteiger partial charge in [0.1, 0.15) is 5.75 Å². The fourth-order valence-electron chi connectivity index (χ4n) is 1.78. The van der Waals surface area contributed by atoms with E-state index in [1.165, 1.54) is 37.9 Å². The van der Waals surface area contributed by atoms with Crippen molar-refractivity contribution in [3.8, 4) is 5.75 Å². The van der Waals surface area contributed by atoms with Gasteiger partial charge in [0.15, 0.2) is 0 Å². The SMILES string of the molecule is CCCC[NH2+]CCCCOc1ccccc1C. The second-order valence-corrected chi connectivity index (χ2v) is 4.54. The molecule has 0 saturated carbocycles. The Labute approximate surface area is 105 Å². The van der Waals surface area contributed by atoms with Gasteiger partial charge in [0.2, 0.25) is 0 Å². The van der Waals surface area contributed by atoms with Crippen LogP contribution >= 0.6 is 0 Å². The van der Waals surface area contributed by atoms with Crippen LogP contribution in [-0.4, -0.2) is 19.7 Å². The molecule has 0 aliphatic carbocycles. The number of nitrogens with two attached hydrogens (primary N) is 1. The van der Waals surface area contributed by atoms with E-state index in [0.717, 1.165) is 18.8 Å². The molecule has 0 heterocycles. The molecule has 0 amide bonds. The quantitative estimate of drug-likeness (QED) is 0.655. The summed E-state index contributed by atoms with van der Waals surface area (Å²) in [5.41, 5.74) is 1.22. The number of aryl methyl sites for hydroxylation is 1. The summed E-state index contributed by atoms with van der Waals surface area (Å²) in [6.07, 6.45) is 5.03. The summed E-state index contributed by atoms with van der Waals surface area (Å²) >= 11 is 0. The Balaban J connectivity index is 1.99. The summed E-state index contributed by atoms with van der Waals surface area (Å²) in [6.45, 7) is 7.68. The first-order valence-corrected chi connectivity index (χ1v) is 6.84. The number of para-hydroxylation sites is 1. The first kappa shape index (κ1) is 14.0. The van der Waals surface area contributed by atoms with Crippen LogP contribution in [0, 0.1) is 6.92 Å². The molecule has 2 nitrogen and oxygen atoms in total. The molecule has 0 fully saturated rings. The standard InChI is InChI=1S/C15H25NO/c1-3-4-11-16-12-7-8-13-17-15-10-6-5-9-14(15)2/h5-6,9-10,16H,3-4,7-8,11-13H2,1-2H3/p+1. The van der Waals surface area contributed by atoms with E-state index in [0.29, 0.717) is 0 Å². The van der Waals surface area contributed by atoms with Gasteiger partial charge in [0, 0.05) is 0 Å². The van der Waals surface area contributed by atoms with E-state index < -0.39 is 0 Å². The predicted octanol–water partition coefficient (Wildman–Crippen LogP) is 2.52. The minimum atomic E-state index is 0.840. The van der Waals surface area contributed by atoms with Crippen LogP contribution in [0.3, 0.4) is 0 Å². The summed E-state index contributed by atoms with van der Waals surface area (Å²) in [4.78, 5) is 0. The topological polar surface area (TPSA) is 25.8 Å². The van der Waals surface area contributed by atoms with Crippen molar-refractivity contribution in [2.24, 2.45) is 0 Å². The molecule has 0 aliphatic rings. The Morgan fingerprint density at radius 1 is 1.06 bits per heavy atom. The second kappa shape index (κ2) is 9.06. The van der Waals surface area contributed by atoms with Crippen molar-refractivity contribution < 1.29 is 10.1 Å². The summed E-state index contributed by atoms with van der Waals surface area (Å²) < 4.78 is 5.75. The van der Waals surface area contributed by atoms with E-state index in [9.17, 15) is 0 Å². The molecule has 0 bridgehead atoms. The van der Waals surface area contributed by atoms with Gasteiger partial charge in [-0.05, 0) is 37.8 Å². The average molecular weight is 236 g/mol. The zero-order valence-corrected chi connectivity index (χ0v) is 11.2. The molecule has 0 aliphatic heterocycles. The highest BCUT2D eigenvalue weighted by Gasteiger charge is 1.97. The van der Waals surface area contributed by atoms with Crippen LogP contribution in [0.2, 0.25) is 0 Å². The molecule has 0 radical (unpaired) electrons. The molecular weight excluding hydrogens is 210 g/mol. The number of hydrogen-bond donors (Lipinski definition) is 1. The van der Waals surface area contributed by atoms with Crippen molar-refractivity contribution in [1.29, 1.82) is 0 Å². The lowest BCUT2D eigenvalue weighted by atomic mass is 10.2. The lowest BCUT2D eigenvalue weighted by Gasteiger charge is -2.08. The van der Waals surface area contributed by atoms with E-state index in [1.54, 1.807) is 0 Å². The van der Waals surface area contributed by atoms with Crippen molar-refractivity contribution in [1.82, 2.24) is 0 Å². The van der Waals surface area contributed by atoms with Gasteiger partial charge in [-0.15, -0.1) is 0 Å². The highest BCUT2D eigenvalue weighted by atomic mass is 16.5. The van der Waals surface area contributed by atoms with Crippen molar-refractivity contribution in [3.63, 3.8) is 0 Å². The number of benzene rings is 1. The first-order valence-electron chi connectivity index (χ1n) is 6.84. The maximum atomic E-state index is 5.75. The number of hydrogen-bond acceptors (Lipinski definition) is 1. The van der Waals surface area contributed by atoms with Crippen LogP contribution in [0.5, 0.6) is 5.75 Å². The smallest absolute Gasteiger partial charge is 0.122 e. The van der Waals surface area contributed by atoms with Crippen LogP contribution in [-0.2, 0) is 0 Å². The molecule has 0 aromatic heterocycles. The Morgan fingerprint density at radius 2 is 1.82 bits per heavy atom. The largest absolute Gasteiger partial charge is 0.493 e. The van der Waals surface area contributed by atoms with Gasteiger partial charge >= 0.3 is 0 Å². The van der Waals surface area contributed by atoms with E-state index in [2.05, 4.69) is 25.2 Å². The minimum Gasteiger partial charge on any atom is -0.493 e. The summed E-state index contributed by atoms with van der Waals surface area (Å²) in [7, 11) is 0. The molecule has 0 saturated heterocycles. The number of rotatable bonds is 9. The first-order chi connectivity index (χ1) is 8.34. The fourth-order valence-corrected chi connectivity index (χ4v) is 1.78. The number of ether oxygens (including phenoxy) is 1. The third-order valence-corrected chi connectivity index (χ3v) is 2.92. The van der Waals surface area contributed by atoms with Crippen LogP contribution < -0.4 is 10.1 Å². The Hall–Kier alpha value is -1.02. The van der Waals surface area contributed by atoms with Crippen molar-refractivity contribution in [2.45, 2.75) is 39.5 Å². The van der Waals surface area contributed by atoms with Crippen LogP contribution in [0.1, 0.15) is 38.2 Å².